The SMILES string of the molecule is Cc1cnc(N2CCCC(CNC3CC3)C2)c(Br)c1. The predicted octanol–water partition coefficient (Wildman–Crippen LogP) is 3.12. The number of nitrogens with zero attached hydrogens (tertiary/aromatic N) is 2. The Morgan fingerprint density at radius 3 is 3.00 bits per heavy atom. The van der Waals surface area contributed by atoms with Crippen LogP contribution in [0.4, 0.5) is 5.82 Å². The lowest BCUT2D eigenvalue weighted by Crippen LogP contribution is -2.40. The summed E-state index contributed by atoms with van der Waals surface area (Å²) in [6.45, 7) is 5.52. The van der Waals surface area contributed by atoms with Gasteiger partial charge in [-0.3, -0.25) is 0 Å². The number of aryl methyl sites for hydroxylation is 1. The van der Waals surface area contributed by atoms with Gasteiger partial charge in [0.2, 0.25) is 0 Å². The highest BCUT2D eigenvalue weighted by molar-refractivity contribution is 9.10. The van der Waals surface area contributed by atoms with E-state index in [4.69, 9.17) is 0 Å². The van der Waals surface area contributed by atoms with Gasteiger partial charge in [0.1, 0.15) is 5.82 Å². The van der Waals surface area contributed by atoms with E-state index in [0.717, 1.165) is 35.3 Å². The van der Waals surface area contributed by atoms with Crippen LogP contribution >= 0.6 is 15.9 Å². The van der Waals surface area contributed by atoms with Crippen molar-refractivity contribution in [2.75, 3.05) is 24.5 Å². The molecule has 1 N–H and O–H groups in total. The second kappa shape index (κ2) is 5.80. The molecule has 104 valence electrons. The third-order valence-corrected chi connectivity index (χ3v) is 4.63. The Morgan fingerprint density at radius 1 is 1.42 bits per heavy atom. The van der Waals surface area contributed by atoms with Crippen molar-refractivity contribution in [3.05, 3.63) is 22.3 Å². The average molecular weight is 324 g/mol. The number of pyridine rings is 1. The highest BCUT2D eigenvalue weighted by Crippen LogP contribution is 2.29. The van der Waals surface area contributed by atoms with E-state index in [1.165, 1.54) is 37.8 Å². The van der Waals surface area contributed by atoms with Crippen molar-refractivity contribution in [3.8, 4) is 0 Å². The van der Waals surface area contributed by atoms with Gasteiger partial charge in [-0.1, -0.05) is 0 Å². The molecule has 2 aliphatic rings. The molecule has 1 saturated heterocycles. The van der Waals surface area contributed by atoms with Crippen molar-refractivity contribution >= 4 is 21.7 Å². The Balaban J connectivity index is 1.62. The monoisotopic (exact) mass is 323 g/mol. The van der Waals surface area contributed by atoms with E-state index in [9.17, 15) is 0 Å². The van der Waals surface area contributed by atoms with Gasteiger partial charge in [0, 0.05) is 25.3 Å². The van der Waals surface area contributed by atoms with Crippen molar-refractivity contribution in [2.24, 2.45) is 5.92 Å². The van der Waals surface area contributed by atoms with Crippen LogP contribution in [0.5, 0.6) is 0 Å². The number of aromatic nitrogens is 1. The fraction of sp³-hybridized carbons (Fsp3) is 0.667. The molecule has 1 aromatic rings. The third kappa shape index (κ3) is 3.48. The lowest BCUT2D eigenvalue weighted by molar-refractivity contribution is 0.389. The lowest BCUT2D eigenvalue weighted by Gasteiger charge is -2.34. The summed E-state index contributed by atoms with van der Waals surface area (Å²) in [5, 5.41) is 3.66. The molecule has 2 fully saturated rings. The Hall–Kier alpha value is -0.610. The molecular weight excluding hydrogens is 302 g/mol. The Labute approximate surface area is 123 Å². The van der Waals surface area contributed by atoms with Crippen molar-refractivity contribution in [1.82, 2.24) is 10.3 Å². The molecule has 0 spiro atoms. The minimum absolute atomic E-state index is 0.768. The molecule has 1 aromatic heterocycles. The molecule has 1 unspecified atom stereocenters. The van der Waals surface area contributed by atoms with Crippen molar-refractivity contribution < 1.29 is 0 Å². The van der Waals surface area contributed by atoms with E-state index in [-0.39, 0.29) is 0 Å². The van der Waals surface area contributed by atoms with E-state index in [2.05, 4.69) is 44.1 Å². The molecule has 0 radical (unpaired) electrons. The Kier molecular flexibility index (Phi) is 4.08. The topological polar surface area (TPSA) is 28.2 Å². The van der Waals surface area contributed by atoms with Crippen LogP contribution in [0.3, 0.4) is 0 Å². The quantitative estimate of drug-likeness (QED) is 0.922. The zero-order valence-corrected chi connectivity index (χ0v) is 13.1. The zero-order valence-electron chi connectivity index (χ0n) is 11.5. The van der Waals surface area contributed by atoms with Gasteiger partial charge in [-0.25, -0.2) is 4.98 Å². The average Bonchev–Trinajstić information content (AvgIpc) is 3.21. The van der Waals surface area contributed by atoms with E-state index in [1.54, 1.807) is 0 Å². The molecule has 4 heteroatoms. The molecule has 1 aliphatic carbocycles. The first-order valence-electron chi connectivity index (χ1n) is 7.33. The van der Waals surface area contributed by atoms with Gasteiger partial charge in [0.25, 0.3) is 0 Å². The molecule has 0 bridgehead atoms. The predicted molar refractivity (Wildman–Crippen MR) is 82.6 cm³/mol. The number of hydrogen-bond acceptors (Lipinski definition) is 3. The smallest absolute Gasteiger partial charge is 0.142 e. The van der Waals surface area contributed by atoms with Crippen molar-refractivity contribution in [3.63, 3.8) is 0 Å². The summed E-state index contributed by atoms with van der Waals surface area (Å²) in [7, 11) is 0. The van der Waals surface area contributed by atoms with Crippen molar-refractivity contribution in [2.45, 2.75) is 38.6 Å². The molecule has 3 nitrogen and oxygen atoms in total. The van der Waals surface area contributed by atoms with Crippen LogP contribution in [0.25, 0.3) is 0 Å². The summed E-state index contributed by atoms with van der Waals surface area (Å²) in [5.74, 6) is 1.88. The molecule has 1 atom stereocenters. The number of halogens is 1. The lowest BCUT2D eigenvalue weighted by atomic mass is 9.98. The number of rotatable bonds is 4. The van der Waals surface area contributed by atoms with Gasteiger partial charge in [0.05, 0.1) is 4.47 Å². The molecular formula is C15H22BrN3. The van der Waals surface area contributed by atoms with Gasteiger partial charge in [0.15, 0.2) is 0 Å². The number of hydrogen-bond donors (Lipinski definition) is 1. The maximum atomic E-state index is 4.60. The van der Waals surface area contributed by atoms with Crippen LogP contribution in [0.2, 0.25) is 0 Å². The second-order valence-corrected chi connectivity index (χ2v) is 6.81. The largest absolute Gasteiger partial charge is 0.355 e. The summed E-state index contributed by atoms with van der Waals surface area (Å²) in [6.07, 6.45) is 7.34. The Bertz CT molecular complexity index is 445. The summed E-state index contributed by atoms with van der Waals surface area (Å²) in [4.78, 5) is 7.04. The third-order valence-electron chi connectivity index (χ3n) is 4.05. The van der Waals surface area contributed by atoms with Gasteiger partial charge in [-0.15, -0.1) is 0 Å². The molecule has 0 aromatic carbocycles. The molecule has 1 saturated carbocycles. The fourth-order valence-electron chi connectivity index (χ4n) is 2.80. The highest BCUT2D eigenvalue weighted by atomic mass is 79.9. The first kappa shape index (κ1) is 13.4. The normalized spacial score (nSPS) is 23.7. The van der Waals surface area contributed by atoms with E-state index in [1.807, 2.05) is 6.20 Å². The number of anilines is 1. The first-order chi connectivity index (χ1) is 9.22. The maximum absolute atomic E-state index is 4.60. The number of piperidine rings is 1. The molecule has 1 aliphatic heterocycles. The van der Waals surface area contributed by atoms with E-state index in [0.29, 0.717) is 0 Å². The Morgan fingerprint density at radius 2 is 2.26 bits per heavy atom. The van der Waals surface area contributed by atoms with Crippen LogP contribution in [0.1, 0.15) is 31.2 Å². The molecule has 19 heavy (non-hydrogen) atoms. The fourth-order valence-corrected chi connectivity index (χ4v) is 3.52. The van der Waals surface area contributed by atoms with Crippen LogP contribution in [0, 0.1) is 12.8 Å². The van der Waals surface area contributed by atoms with Gasteiger partial charge in [-0.2, -0.15) is 0 Å². The standard InChI is InChI=1S/C15H22BrN3/c1-11-7-14(16)15(18-8-11)19-6-2-3-12(10-19)9-17-13-4-5-13/h7-8,12-13,17H,2-6,9-10H2,1H3. The van der Waals surface area contributed by atoms with Crippen LogP contribution in [0.15, 0.2) is 16.7 Å². The number of nitrogens with one attached hydrogen (secondary N) is 1. The van der Waals surface area contributed by atoms with Crippen LogP contribution < -0.4 is 10.2 Å². The van der Waals surface area contributed by atoms with Crippen LogP contribution in [-0.2, 0) is 0 Å². The summed E-state index contributed by atoms with van der Waals surface area (Å²) < 4.78 is 1.13. The summed E-state index contributed by atoms with van der Waals surface area (Å²) >= 11 is 3.65. The molecule has 0 amide bonds. The second-order valence-electron chi connectivity index (χ2n) is 5.95. The van der Waals surface area contributed by atoms with Crippen molar-refractivity contribution in [1.29, 1.82) is 0 Å². The highest BCUT2D eigenvalue weighted by Gasteiger charge is 2.25. The maximum Gasteiger partial charge on any atom is 0.142 e. The van der Waals surface area contributed by atoms with Crippen LogP contribution in [-0.4, -0.2) is 30.7 Å². The zero-order chi connectivity index (χ0) is 13.2. The minimum atomic E-state index is 0.768. The van der Waals surface area contributed by atoms with Gasteiger partial charge >= 0.3 is 0 Å². The van der Waals surface area contributed by atoms with Gasteiger partial charge in [-0.05, 0) is 72.6 Å². The summed E-state index contributed by atoms with van der Waals surface area (Å²) in [5.41, 5.74) is 1.21. The minimum Gasteiger partial charge on any atom is -0.355 e. The van der Waals surface area contributed by atoms with E-state index < -0.39 is 0 Å². The van der Waals surface area contributed by atoms with E-state index >= 15 is 0 Å². The summed E-state index contributed by atoms with van der Waals surface area (Å²) in [6, 6.07) is 2.98. The first-order valence-corrected chi connectivity index (χ1v) is 8.12. The van der Waals surface area contributed by atoms with Gasteiger partial charge < -0.3 is 10.2 Å². The molecule has 2 heterocycles. The molecule has 3 rings (SSSR count).